The Bertz CT molecular complexity index is 1060. The van der Waals surface area contributed by atoms with E-state index in [1.165, 1.54) is 5.56 Å². The largest absolute Gasteiger partial charge is 0.336 e. The SMILES string of the molecule is CC(C)n1cc(C(=O)N2CCN(Cc3ccccc3)CC2)c2ccccc2c1=O. The number of fused-ring (bicyclic) bond motifs is 1. The van der Waals surface area contributed by atoms with Gasteiger partial charge in [0.1, 0.15) is 0 Å². The lowest BCUT2D eigenvalue weighted by Crippen LogP contribution is -2.48. The second kappa shape index (κ2) is 8.21. The summed E-state index contributed by atoms with van der Waals surface area (Å²) in [6.07, 6.45) is 1.74. The third kappa shape index (κ3) is 3.96. The maximum atomic E-state index is 13.4. The molecule has 0 N–H and O–H groups in total. The van der Waals surface area contributed by atoms with E-state index in [0.29, 0.717) is 24.0 Å². The quantitative estimate of drug-likeness (QED) is 0.686. The second-order valence-electron chi connectivity index (χ2n) is 7.95. The zero-order valence-corrected chi connectivity index (χ0v) is 17.0. The van der Waals surface area contributed by atoms with Crippen LogP contribution in [-0.2, 0) is 6.54 Å². The van der Waals surface area contributed by atoms with Gasteiger partial charge < -0.3 is 9.47 Å². The molecule has 0 aliphatic carbocycles. The number of piperazine rings is 1. The van der Waals surface area contributed by atoms with Crippen LogP contribution >= 0.6 is 0 Å². The van der Waals surface area contributed by atoms with Gasteiger partial charge in [-0.1, -0.05) is 48.5 Å². The Morgan fingerprint density at radius 1 is 0.897 bits per heavy atom. The van der Waals surface area contributed by atoms with Crippen molar-refractivity contribution in [2.75, 3.05) is 26.2 Å². The number of carbonyl (C=O) groups is 1. The number of carbonyl (C=O) groups excluding carboxylic acids is 1. The fourth-order valence-corrected chi connectivity index (χ4v) is 3.99. The van der Waals surface area contributed by atoms with Crippen LogP contribution in [0.1, 0.15) is 35.8 Å². The minimum absolute atomic E-state index is 0.00127. The minimum Gasteiger partial charge on any atom is -0.336 e. The molecule has 0 spiro atoms. The average molecular weight is 389 g/mol. The van der Waals surface area contributed by atoms with E-state index in [1.54, 1.807) is 10.8 Å². The van der Waals surface area contributed by atoms with Gasteiger partial charge in [0, 0.05) is 55.7 Å². The first-order valence-corrected chi connectivity index (χ1v) is 10.2. The number of hydrogen-bond acceptors (Lipinski definition) is 3. The number of pyridine rings is 1. The number of aromatic nitrogens is 1. The fourth-order valence-electron chi connectivity index (χ4n) is 3.99. The van der Waals surface area contributed by atoms with E-state index in [4.69, 9.17) is 0 Å². The molecular formula is C24H27N3O2. The first kappa shape index (κ1) is 19.4. The zero-order valence-electron chi connectivity index (χ0n) is 17.0. The molecular weight excluding hydrogens is 362 g/mol. The van der Waals surface area contributed by atoms with E-state index in [1.807, 2.05) is 49.1 Å². The van der Waals surface area contributed by atoms with Crippen LogP contribution in [0.3, 0.4) is 0 Å². The topological polar surface area (TPSA) is 45.6 Å². The molecule has 0 radical (unpaired) electrons. The van der Waals surface area contributed by atoms with Crippen molar-refractivity contribution in [1.29, 1.82) is 0 Å². The molecule has 1 aliphatic rings. The lowest BCUT2D eigenvalue weighted by atomic mass is 10.1. The van der Waals surface area contributed by atoms with Crippen molar-refractivity contribution < 1.29 is 4.79 Å². The summed E-state index contributed by atoms with van der Waals surface area (Å²) in [5.41, 5.74) is 1.87. The van der Waals surface area contributed by atoms with E-state index >= 15 is 0 Å². The molecule has 1 amide bonds. The summed E-state index contributed by atoms with van der Waals surface area (Å²) in [6.45, 7) is 7.93. The third-order valence-electron chi connectivity index (χ3n) is 5.65. The van der Waals surface area contributed by atoms with Crippen molar-refractivity contribution in [3.8, 4) is 0 Å². The molecule has 29 heavy (non-hydrogen) atoms. The molecule has 0 atom stereocenters. The van der Waals surface area contributed by atoms with Crippen LogP contribution in [0.15, 0.2) is 65.6 Å². The number of nitrogens with zero attached hydrogens (tertiary/aromatic N) is 3. The zero-order chi connectivity index (χ0) is 20.4. The molecule has 2 heterocycles. The molecule has 5 heteroatoms. The fraction of sp³-hybridized carbons (Fsp3) is 0.333. The summed E-state index contributed by atoms with van der Waals surface area (Å²) in [7, 11) is 0. The second-order valence-corrected chi connectivity index (χ2v) is 7.95. The minimum atomic E-state index is -0.0418. The lowest BCUT2D eigenvalue weighted by Gasteiger charge is -2.35. The van der Waals surface area contributed by atoms with Gasteiger partial charge in [-0.25, -0.2) is 0 Å². The van der Waals surface area contributed by atoms with Crippen LogP contribution in [0.4, 0.5) is 0 Å². The first-order valence-electron chi connectivity index (χ1n) is 10.2. The highest BCUT2D eigenvalue weighted by molar-refractivity contribution is 6.06. The van der Waals surface area contributed by atoms with Gasteiger partial charge in [-0.2, -0.15) is 0 Å². The monoisotopic (exact) mass is 389 g/mol. The van der Waals surface area contributed by atoms with Crippen LogP contribution in [0.25, 0.3) is 10.8 Å². The summed E-state index contributed by atoms with van der Waals surface area (Å²) in [5.74, 6) is 0.00922. The molecule has 150 valence electrons. The molecule has 2 aromatic carbocycles. The van der Waals surface area contributed by atoms with Crippen LogP contribution in [0, 0.1) is 0 Å². The average Bonchev–Trinajstić information content (AvgIpc) is 2.75. The van der Waals surface area contributed by atoms with Gasteiger partial charge in [-0.05, 0) is 25.5 Å². The Morgan fingerprint density at radius 3 is 2.17 bits per heavy atom. The predicted octanol–water partition coefficient (Wildman–Crippen LogP) is 3.54. The molecule has 1 aliphatic heterocycles. The molecule has 4 rings (SSSR count). The maximum absolute atomic E-state index is 13.4. The van der Waals surface area contributed by atoms with Gasteiger partial charge in [0.05, 0.1) is 5.56 Å². The first-order chi connectivity index (χ1) is 14.0. The highest BCUT2D eigenvalue weighted by Gasteiger charge is 2.25. The molecule has 5 nitrogen and oxygen atoms in total. The number of hydrogen-bond donors (Lipinski definition) is 0. The third-order valence-corrected chi connectivity index (χ3v) is 5.65. The van der Waals surface area contributed by atoms with Gasteiger partial charge in [0.2, 0.25) is 0 Å². The van der Waals surface area contributed by atoms with Crippen LogP contribution in [-0.4, -0.2) is 46.5 Å². The Balaban J connectivity index is 1.55. The summed E-state index contributed by atoms with van der Waals surface area (Å²) < 4.78 is 1.67. The summed E-state index contributed by atoms with van der Waals surface area (Å²) in [4.78, 5) is 30.4. The van der Waals surface area contributed by atoms with Crippen molar-refractivity contribution in [2.24, 2.45) is 0 Å². The number of amides is 1. The van der Waals surface area contributed by atoms with Gasteiger partial charge in [-0.15, -0.1) is 0 Å². The number of rotatable bonds is 4. The van der Waals surface area contributed by atoms with Crippen molar-refractivity contribution in [3.05, 3.63) is 82.3 Å². The molecule has 0 saturated carbocycles. The van der Waals surface area contributed by atoms with Crippen molar-refractivity contribution in [1.82, 2.24) is 14.4 Å². The Morgan fingerprint density at radius 2 is 1.52 bits per heavy atom. The molecule has 3 aromatic rings. The Labute approximate surface area is 171 Å². The van der Waals surface area contributed by atoms with E-state index in [0.717, 1.165) is 25.0 Å². The van der Waals surface area contributed by atoms with Crippen LogP contribution in [0.2, 0.25) is 0 Å². The van der Waals surface area contributed by atoms with Crippen LogP contribution in [0.5, 0.6) is 0 Å². The molecule has 0 unspecified atom stereocenters. The highest BCUT2D eigenvalue weighted by atomic mass is 16.2. The van der Waals surface area contributed by atoms with E-state index in [9.17, 15) is 9.59 Å². The Hall–Kier alpha value is -2.92. The predicted molar refractivity (Wildman–Crippen MR) is 116 cm³/mol. The standard InChI is InChI=1S/C24H27N3O2/c1-18(2)27-17-22(20-10-6-7-11-21(20)24(27)29)23(28)26-14-12-25(13-15-26)16-19-8-4-3-5-9-19/h3-11,17-18H,12-16H2,1-2H3. The van der Waals surface area contributed by atoms with E-state index in [2.05, 4.69) is 29.2 Å². The maximum Gasteiger partial charge on any atom is 0.258 e. The summed E-state index contributed by atoms with van der Waals surface area (Å²) >= 11 is 0. The summed E-state index contributed by atoms with van der Waals surface area (Å²) in [6, 6.07) is 17.8. The molecule has 1 aromatic heterocycles. The number of benzene rings is 2. The van der Waals surface area contributed by atoms with Crippen LogP contribution < -0.4 is 5.56 Å². The van der Waals surface area contributed by atoms with Crippen molar-refractivity contribution in [3.63, 3.8) is 0 Å². The van der Waals surface area contributed by atoms with E-state index < -0.39 is 0 Å². The lowest BCUT2D eigenvalue weighted by molar-refractivity contribution is 0.0629. The summed E-state index contributed by atoms with van der Waals surface area (Å²) in [5, 5.41) is 1.35. The highest BCUT2D eigenvalue weighted by Crippen LogP contribution is 2.20. The normalized spacial score (nSPS) is 15.2. The van der Waals surface area contributed by atoms with E-state index in [-0.39, 0.29) is 17.5 Å². The van der Waals surface area contributed by atoms with Crippen molar-refractivity contribution >= 4 is 16.7 Å². The van der Waals surface area contributed by atoms with Crippen molar-refractivity contribution in [2.45, 2.75) is 26.4 Å². The van der Waals surface area contributed by atoms with Gasteiger partial charge in [0.25, 0.3) is 11.5 Å². The molecule has 1 saturated heterocycles. The molecule has 1 fully saturated rings. The van der Waals surface area contributed by atoms with Gasteiger partial charge >= 0.3 is 0 Å². The van der Waals surface area contributed by atoms with Gasteiger partial charge in [-0.3, -0.25) is 14.5 Å². The molecule has 0 bridgehead atoms. The smallest absolute Gasteiger partial charge is 0.258 e. The Kier molecular flexibility index (Phi) is 5.49. The van der Waals surface area contributed by atoms with Gasteiger partial charge in [0.15, 0.2) is 0 Å².